The van der Waals surface area contributed by atoms with Crippen LogP contribution in [0.5, 0.6) is 0 Å². The summed E-state index contributed by atoms with van der Waals surface area (Å²) in [5.41, 5.74) is 0. The van der Waals surface area contributed by atoms with Crippen molar-refractivity contribution in [2.24, 2.45) is 5.92 Å². The van der Waals surface area contributed by atoms with Gasteiger partial charge in [-0.3, -0.25) is 0 Å². The fraction of sp³-hybridized carbons (Fsp3) is 0.783. The number of carboxylic acid groups (broad SMARTS) is 1. The summed E-state index contributed by atoms with van der Waals surface area (Å²) in [6, 6.07) is 0. The van der Waals surface area contributed by atoms with Gasteiger partial charge in [0.05, 0.1) is 27.1 Å². The number of rotatable bonds is 17. The molecule has 0 aliphatic heterocycles. The van der Waals surface area contributed by atoms with Crippen molar-refractivity contribution in [1.82, 2.24) is 0 Å². The fourth-order valence-corrected chi connectivity index (χ4v) is 3.15. The van der Waals surface area contributed by atoms with Gasteiger partial charge in [0.15, 0.2) is 0 Å². The van der Waals surface area contributed by atoms with Gasteiger partial charge in [0.2, 0.25) is 0 Å². The normalized spacial score (nSPS) is 14.9. The van der Waals surface area contributed by atoms with Crippen LogP contribution in [0.1, 0.15) is 77.6 Å². The Morgan fingerprint density at radius 3 is 1.93 bits per heavy atom. The van der Waals surface area contributed by atoms with E-state index in [1.807, 2.05) is 27.2 Å². The van der Waals surface area contributed by atoms with E-state index < -0.39 is 18.0 Å². The Morgan fingerprint density at radius 2 is 1.44 bits per heavy atom. The second kappa shape index (κ2) is 15.9. The standard InChI is InChI=1S/C23H43NO3/c1-5-6-7-8-9-10-11-12-13-14-15-16-17-18-19-21(23(26)27)22(25)20-24(2,3)4/h16-19,21-22,25H,5-15,20H2,1-4H3. The second-order valence-corrected chi connectivity index (χ2v) is 8.67. The van der Waals surface area contributed by atoms with Gasteiger partial charge in [-0.1, -0.05) is 89.0 Å². The van der Waals surface area contributed by atoms with Crippen molar-refractivity contribution in [3.8, 4) is 0 Å². The molecule has 0 saturated carbocycles. The summed E-state index contributed by atoms with van der Waals surface area (Å²) in [7, 11) is 5.77. The van der Waals surface area contributed by atoms with Gasteiger partial charge in [-0.25, -0.2) is 0 Å². The molecule has 0 rings (SSSR count). The number of hydrogen-bond acceptors (Lipinski definition) is 3. The van der Waals surface area contributed by atoms with Crippen LogP contribution in [0.2, 0.25) is 0 Å². The molecule has 0 aromatic carbocycles. The minimum absolute atomic E-state index is 0.366. The highest BCUT2D eigenvalue weighted by molar-refractivity contribution is 5.70. The maximum Gasteiger partial charge on any atom is 0.114 e. The molecule has 0 amide bonds. The van der Waals surface area contributed by atoms with Crippen LogP contribution in [0, 0.1) is 5.92 Å². The molecule has 0 saturated heterocycles. The van der Waals surface area contributed by atoms with E-state index in [9.17, 15) is 15.0 Å². The van der Waals surface area contributed by atoms with Crippen molar-refractivity contribution < 1.29 is 19.5 Å². The molecule has 0 fully saturated rings. The largest absolute Gasteiger partial charge is 0.549 e. The number of quaternary nitrogens is 1. The predicted molar refractivity (Wildman–Crippen MR) is 112 cm³/mol. The molecule has 0 aliphatic rings. The monoisotopic (exact) mass is 381 g/mol. The van der Waals surface area contributed by atoms with E-state index in [2.05, 4.69) is 13.0 Å². The van der Waals surface area contributed by atoms with Crippen molar-refractivity contribution in [2.45, 2.75) is 83.7 Å². The van der Waals surface area contributed by atoms with Crippen LogP contribution in [0.25, 0.3) is 0 Å². The Labute approximate surface area is 167 Å². The minimum atomic E-state index is -1.23. The van der Waals surface area contributed by atoms with E-state index in [1.165, 1.54) is 70.3 Å². The Morgan fingerprint density at radius 1 is 0.926 bits per heavy atom. The van der Waals surface area contributed by atoms with Crippen molar-refractivity contribution in [3.05, 3.63) is 24.3 Å². The highest BCUT2D eigenvalue weighted by Crippen LogP contribution is 2.12. The third-order valence-electron chi connectivity index (χ3n) is 4.71. The Hall–Kier alpha value is -1.13. The van der Waals surface area contributed by atoms with Gasteiger partial charge in [-0.2, -0.15) is 0 Å². The van der Waals surface area contributed by atoms with Gasteiger partial charge < -0.3 is 19.5 Å². The number of carbonyl (C=O) groups is 1. The molecule has 0 bridgehead atoms. The first-order chi connectivity index (χ1) is 12.8. The van der Waals surface area contributed by atoms with Gasteiger partial charge in [-0.05, 0) is 12.8 Å². The quantitative estimate of drug-likeness (QED) is 0.236. The molecule has 2 atom stereocenters. The molecule has 27 heavy (non-hydrogen) atoms. The number of aliphatic hydroxyl groups is 1. The molecular formula is C23H43NO3. The summed E-state index contributed by atoms with van der Waals surface area (Å²) in [5.74, 6) is -2.19. The number of unbranched alkanes of at least 4 members (excludes halogenated alkanes) is 10. The number of hydrogen-bond donors (Lipinski definition) is 1. The van der Waals surface area contributed by atoms with Crippen molar-refractivity contribution >= 4 is 5.97 Å². The number of carboxylic acids is 1. The lowest BCUT2D eigenvalue weighted by molar-refractivity contribution is -0.873. The van der Waals surface area contributed by atoms with Crippen molar-refractivity contribution in [2.75, 3.05) is 27.7 Å². The fourth-order valence-electron chi connectivity index (χ4n) is 3.15. The third kappa shape index (κ3) is 16.7. The number of aliphatic carboxylic acids is 1. The van der Waals surface area contributed by atoms with Gasteiger partial charge >= 0.3 is 0 Å². The topological polar surface area (TPSA) is 60.4 Å². The summed E-state index contributed by atoms with van der Waals surface area (Å²) >= 11 is 0. The van der Waals surface area contributed by atoms with Crippen LogP contribution in [0.4, 0.5) is 0 Å². The maximum absolute atomic E-state index is 11.2. The highest BCUT2D eigenvalue weighted by atomic mass is 16.4. The SMILES string of the molecule is CCCCCCCCCCCCC=CC=CC(C(=O)[O-])C(O)C[N+](C)(C)C. The summed E-state index contributed by atoms with van der Waals surface area (Å²) in [4.78, 5) is 11.2. The smallest absolute Gasteiger partial charge is 0.114 e. The first-order valence-corrected chi connectivity index (χ1v) is 10.8. The average Bonchev–Trinajstić information content (AvgIpc) is 2.56. The molecule has 0 aliphatic carbocycles. The number of carbonyl (C=O) groups excluding carboxylic acids is 1. The second-order valence-electron chi connectivity index (χ2n) is 8.67. The summed E-state index contributed by atoms with van der Waals surface area (Å²) in [5, 5.41) is 21.3. The molecular weight excluding hydrogens is 338 g/mol. The van der Waals surface area contributed by atoms with E-state index in [-0.39, 0.29) is 0 Å². The maximum atomic E-state index is 11.2. The summed E-state index contributed by atoms with van der Waals surface area (Å²) < 4.78 is 0.507. The predicted octanol–water partition coefficient (Wildman–Crippen LogP) is 3.84. The Balaban J connectivity index is 3.85. The summed E-state index contributed by atoms with van der Waals surface area (Å²) in [6.07, 6.45) is 20.6. The van der Waals surface area contributed by atoms with Crippen molar-refractivity contribution in [3.63, 3.8) is 0 Å². The lowest BCUT2D eigenvalue weighted by Crippen LogP contribution is -2.47. The van der Waals surface area contributed by atoms with E-state index in [0.29, 0.717) is 11.0 Å². The number of nitrogens with zero attached hydrogens (tertiary/aromatic N) is 1. The molecule has 4 nitrogen and oxygen atoms in total. The van der Waals surface area contributed by atoms with Crippen LogP contribution in [0.3, 0.4) is 0 Å². The van der Waals surface area contributed by atoms with E-state index in [0.717, 1.165) is 6.42 Å². The van der Waals surface area contributed by atoms with Crippen LogP contribution < -0.4 is 5.11 Å². The molecule has 2 unspecified atom stereocenters. The van der Waals surface area contributed by atoms with Crippen LogP contribution in [-0.4, -0.2) is 49.4 Å². The molecule has 4 heteroatoms. The highest BCUT2D eigenvalue weighted by Gasteiger charge is 2.23. The number of likely N-dealkylation sites (N-methyl/N-ethyl adjacent to an activating group) is 1. The van der Waals surface area contributed by atoms with Gasteiger partial charge in [0.1, 0.15) is 12.6 Å². The van der Waals surface area contributed by atoms with Crippen molar-refractivity contribution in [1.29, 1.82) is 0 Å². The van der Waals surface area contributed by atoms with Gasteiger partial charge in [0.25, 0.3) is 0 Å². The lowest BCUT2D eigenvalue weighted by Gasteiger charge is -2.30. The van der Waals surface area contributed by atoms with Crippen LogP contribution in [-0.2, 0) is 4.79 Å². The number of aliphatic hydroxyl groups excluding tert-OH is 1. The van der Waals surface area contributed by atoms with E-state index in [1.54, 1.807) is 6.08 Å². The molecule has 0 heterocycles. The molecule has 0 radical (unpaired) electrons. The average molecular weight is 382 g/mol. The molecule has 0 spiro atoms. The van der Waals surface area contributed by atoms with E-state index >= 15 is 0 Å². The number of allylic oxidation sites excluding steroid dienone is 3. The van der Waals surface area contributed by atoms with Crippen LogP contribution in [0.15, 0.2) is 24.3 Å². The van der Waals surface area contributed by atoms with E-state index in [4.69, 9.17) is 0 Å². The molecule has 1 N–H and O–H groups in total. The summed E-state index contributed by atoms with van der Waals surface area (Å²) in [6.45, 7) is 2.62. The molecule has 0 aromatic heterocycles. The lowest BCUT2D eigenvalue weighted by atomic mass is 10.0. The Bertz CT molecular complexity index is 424. The Kier molecular flexibility index (Phi) is 15.2. The molecule has 158 valence electrons. The first-order valence-electron chi connectivity index (χ1n) is 10.8. The zero-order valence-electron chi connectivity index (χ0n) is 18.2. The zero-order valence-corrected chi connectivity index (χ0v) is 18.2. The van der Waals surface area contributed by atoms with Gasteiger partial charge in [0, 0.05) is 5.92 Å². The molecule has 0 aromatic rings. The van der Waals surface area contributed by atoms with Crippen LogP contribution >= 0.6 is 0 Å². The third-order valence-corrected chi connectivity index (χ3v) is 4.71. The zero-order chi connectivity index (χ0) is 20.5. The minimum Gasteiger partial charge on any atom is -0.549 e. The first kappa shape index (κ1) is 25.9. The van der Waals surface area contributed by atoms with Gasteiger partial charge in [-0.15, -0.1) is 0 Å².